The summed E-state index contributed by atoms with van der Waals surface area (Å²) in [4.78, 5) is 0. The zero-order chi connectivity index (χ0) is 22.3. The molecule has 4 aromatic rings. The Morgan fingerprint density at radius 1 is 0.594 bits per heavy atom. The van der Waals surface area contributed by atoms with Crippen molar-refractivity contribution in [2.75, 3.05) is 7.11 Å². The van der Waals surface area contributed by atoms with Crippen LogP contribution in [0.15, 0.2) is 97.1 Å². The van der Waals surface area contributed by atoms with Gasteiger partial charge in [-0.3, -0.25) is 0 Å². The molecule has 0 radical (unpaired) electrons. The molecule has 5 heteroatoms. The van der Waals surface area contributed by atoms with E-state index in [0.29, 0.717) is 0 Å². The van der Waals surface area contributed by atoms with Crippen molar-refractivity contribution in [2.24, 2.45) is 0 Å². The van der Waals surface area contributed by atoms with E-state index in [2.05, 4.69) is 10.4 Å². The van der Waals surface area contributed by atoms with Crippen LogP contribution in [-0.2, 0) is 4.28 Å². The molecule has 1 heterocycles. The monoisotopic (exact) mass is 428 g/mol. The molecule has 0 amide bonds. The first-order chi connectivity index (χ1) is 15.5. The van der Waals surface area contributed by atoms with Crippen molar-refractivity contribution >= 4 is 28.8 Å². The van der Waals surface area contributed by atoms with Crippen LogP contribution in [0.1, 0.15) is 11.1 Å². The fraction of sp³-hybridized carbons (Fsp3) is 0.0370. The van der Waals surface area contributed by atoms with Crippen LogP contribution in [0.3, 0.4) is 0 Å². The van der Waals surface area contributed by atoms with Crippen LogP contribution in [-0.4, -0.2) is 13.5 Å². The van der Waals surface area contributed by atoms with Gasteiger partial charge in [0.05, 0.1) is 5.56 Å². The summed E-state index contributed by atoms with van der Waals surface area (Å²) in [5.41, 5.74) is 4.41. The summed E-state index contributed by atoms with van der Waals surface area (Å²) in [5, 5.41) is 0. The standard InChI is InChI=1S/C27H20BF3O/c1-32-27-5-3-2-4-20(27)18-26(19-6-12-23(29)13-7-19)28(32,21-8-14-24(30)15-9-21)22-10-16-25(31)17-11-22/h2-18H,1H3. The van der Waals surface area contributed by atoms with Crippen LogP contribution in [0, 0.1) is 17.5 Å². The molecule has 0 saturated heterocycles. The average Bonchev–Trinajstić information content (AvgIpc) is 2.81. The molecule has 158 valence electrons. The van der Waals surface area contributed by atoms with Crippen molar-refractivity contribution in [1.29, 1.82) is 0 Å². The maximum Gasteiger partial charge on any atom is 0.414 e. The third kappa shape index (κ3) is 3.13. The van der Waals surface area contributed by atoms with Crippen molar-refractivity contribution in [3.63, 3.8) is 0 Å². The molecule has 0 spiro atoms. The summed E-state index contributed by atoms with van der Waals surface area (Å²) >= 11 is 0. The van der Waals surface area contributed by atoms with E-state index in [1.807, 2.05) is 31.4 Å². The molecule has 1 nitrogen and oxygen atoms in total. The van der Waals surface area contributed by atoms with E-state index in [4.69, 9.17) is 0 Å². The molecule has 0 aliphatic carbocycles. The number of halogens is 3. The summed E-state index contributed by atoms with van der Waals surface area (Å²) in [6.45, 7) is 0. The lowest BCUT2D eigenvalue weighted by Crippen LogP contribution is -2.65. The van der Waals surface area contributed by atoms with Gasteiger partial charge < -0.3 is 4.28 Å². The second-order valence-electron chi connectivity index (χ2n) is 8.09. The van der Waals surface area contributed by atoms with Gasteiger partial charge >= 0.3 is 6.35 Å². The number of benzene rings is 4. The predicted octanol–water partition coefficient (Wildman–Crippen LogP) is 5.85. The number of hydrogen-bond donors (Lipinski definition) is 0. The Morgan fingerprint density at radius 2 is 1.06 bits per heavy atom. The summed E-state index contributed by atoms with van der Waals surface area (Å²) < 4.78 is 44.9. The molecule has 0 unspecified atom stereocenters. The molecule has 5 rings (SSSR count). The average molecular weight is 428 g/mol. The van der Waals surface area contributed by atoms with E-state index in [1.165, 1.54) is 36.4 Å². The molecule has 1 aliphatic rings. The van der Waals surface area contributed by atoms with E-state index in [1.54, 1.807) is 36.4 Å². The van der Waals surface area contributed by atoms with Crippen LogP contribution in [0.4, 0.5) is 13.2 Å². The lowest BCUT2D eigenvalue weighted by Gasteiger charge is -2.54. The first kappa shape index (κ1) is 20.2. The molecular formula is C27H20BF3O. The van der Waals surface area contributed by atoms with E-state index >= 15 is 0 Å². The van der Waals surface area contributed by atoms with E-state index in [9.17, 15) is 13.2 Å². The molecule has 0 saturated carbocycles. The number of fused-ring (bicyclic) bond motifs is 1. The molecule has 0 atom stereocenters. The van der Waals surface area contributed by atoms with E-state index < -0.39 is 6.35 Å². The van der Waals surface area contributed by atoms with Gasteiger partial charge in [0.15, 0.2) is 0 Å². The highest BCUT2D eigenvalue weighted by Gasteiger charge is 2.49. The van der Waals surface area contributed by atoms with E-state index in [-0.39, 0.29) is 17.5 Å². The molecular weight excluding hydrogens is 408 g/mol. The van der Waals surface area contributed by atoms with Gasteiger partial charge in [0, 0.05) is 6.07 Å². The highest BCUT2D eigenvalue weighted by atomic mass is 19.1. The zero-order valence-corrected chi connectivity index (χ0v) is 17.4. The SMILES string of the molecule is C[O+]1c2ccccc2C=C(c2ccc(F)cc2)[B-]1(c1ccc(F)cc1)c1ccc(F)cc1. The highest BCUT2D eigenvalue weighted by molar-refractivity contribution is 7.12. The van der Waals surface area contributed by atoms with Crippen LogP contribution in [0.2, 0.25) is 0 Å². The second-order valence-corrected chi connectivity index (χ2v) is 8.09. The van der Waals surface area contributed by atoms with Gasteiger partial charge in [0.1, 0.15) is 24.6 Å². The summed E-state index contributed by atoms with van der Waals surface area (Å²) in [7, 11) is 1.92. The lowest BCUT2D eigenvalue weighted by atomic mass is 9.26. The molecule has 0 bridgehead atoms. The zero-order valence-electron chi connectivity index (χ0n) is 17.4. The molecule has 0 N–H and O–H groups in total. The van der Waals surface area contributed by atoms with Crippen molar-refractivity contribution in [3.05, 3.63) is 126 Å². The van der Waals surface area contributed by atoms with E-state index in [0.717, 1.165) is 33.3 Å². The van der Waals surface area contributed by atoms with Gasteiger partial charge in [-0.05, 0) is 42.5 Å². The fourth-order valence-corrected chi connectivity index (χ4v) is 4.95. The number of hydrogen-bond acceptors (Lipinski definition) is 0. The van der Waals surface area contributed by atoms with Gasteiger partial charge in [-0.15, -0.1) is 10.9 Å². The normalized spacial score (nSPS) is 14.6. The Labute approximate surface area is 185 Å². The predicted molar refractivity (Wildman–Crippen MR) is 125 cm³/mol. The third-order valence-corrected chi connectivity index (χ3v) is 6.40. The maximum atomic E-state index is 13.9. The minimum Gasteiger partial charge on any atom is -0.810 e. The topological polar surface area (TPSA) is 2.70 Å². The molecule has 1 aliphatic heterocycles. The molecule has 4 aromatic carbocycles. The smallest absolute Gasteiger partial charge is 0.414 e. The Kier molecular flexibility index (Phi) is 4.89. The van der Waals surface area contributed by atoms with Crippen molar-refractivity contribution in [3.8, 4) is 5.75 Å². The first-order valence-corrected chi connectivity index (χ1v) is 10.4. The highest BCUT2D eigenvalue weighted by Crippen LogP contribution is 2.45. The quantitative estimate of drug-likeness (QED) is 0.284. The van der Waals surface area contributed by atoms with Crippen molar-refractivity contribution in [2.45, 2.75) is 0 Å². The van der Waals surface area contributed by atoms with Crippen molar-refractivity contribution in [1.82, 2.24) is 0 Å². The second kappa shape index (κ2) is 7.76. The largest absolute Gasteiger partial charge is 0.810 e. The maximum absolute atomic E-state index is 13.9. The molecule has 0 aromatic heterocycles. The van der Waals surface area contributed by atoms with Gasteiger partial charge in [-0.2, -0.15) is 0 Å². The summed E-state index contributed by atoms with van der Waals surface area (Å²) in [6, 6.07) is 27.0. The van der Waals surface area contributed by atoms with Crippen molar-refractivity contribution < 1.29 is 17.5 Å². The number of para-hydroxylation sites is 1. The van der Waals surface area contributed by atoms with Crippen LogP contribution < -0.4 is 10.9 Å². The Morgan fingerprint density at radius 3 is 1.59 bits per heavy atom. The first-order valence-electron chi connectivity index (χ1n) is 10.4. The lowest BCUT2D eigenvalue weighted by molar-refractivity contribution is 0.174. The Hall–Kier alpha value is -3.73. The Bertz CT molecular complexity index is 1250. The fourth-order valence-electron chi connectivity index (χ4n) is 4.95. The van der Waals surface area contributed by atoms with Gasteiger partial charge in [0.25, 0.3) is 0 Å². The van der Waals surface area contributed by atoms with Gasteiger partial charge in [-0.25, -0.2) is 13.2 Å². The van der Waals surface area contributed by atoms with Crippen LogP contribution in [0.5, 0.6) is 5.75 Å². The van der Waals surface area contributed by atoms with Crippen LogP contribution >= 0.6 is 0 Å². The van der Waals surface area contributed by atoms with Gasteiger partial charge in [0.2, 0.25) is 5.75 Å². The molecule has 0 fully saturated rings. The summed E-state index contributed by atoms with van der Waals surface area (Å²) in [5.74, 6) is -0.0785. The minimum atomic E-state index is -1.92. The third-order valence-electron chi connectivity index (χ3n) is 6.40. The minimum absolute atomic E-state index is 0.326. The summed E-state index contributed by atoms with van der Waals surface area (Å²) in [6.07, 6.45) is 0.167. The molecule has 32 heavy (non-hydrogen) atoms. The van der Waals surface area contributed by atoms with Crippen LogP contribution in [0.25, 0.3) is 11.5 Å². The Balaban J connectivity index is 1.90. The van der Waals surface area contributed by atoms with Gasteiger partial charge in [-0.1, -0.05) is 65.6 Å². The number of rotatable bonds is 3.